The molecular weight excluding hydrogens is 398 g/mol. The number of benzene rings is 2. The number of rotatable bonds is 6. The number of pyridine rings is 1. The van der Waals surface area contributed by atoms with Crippen molar-refractivity contribution in [1.82, 2.24) is 9.97 Å². The minimum absolute atomic E-state index is 0.238. The van der Waals surface area contributed by atoms with Gasteiger partial charge in [-0.05, 0) is 42.0 Å². The van der Waals surface area contributed by atoms with Crippen molar-refractivity contribution in [1.29, 1.82) is 0 Å². The standard InChI is InChI=1S/C19H15N3O2S3/c23-27(24,16-6-2-1-3-7-16)22-15-8-9-17-18(11-15)26-19(21-17)25-13-14-5-4-10-20-12-14/h1-12,22H,13H2. The fourth-order valence-electron chi connectivity index (χ4n) is 2.47. The molecule has 0 radical (unpaired) electrons. The number of nitrogens with zero attached hydrogens (tertiary/aromatic N) is 2. The smallest absolute Gasteiger partial charge is 0.261 e. The van der Waals surface area contributed by atoms with Crippen molar-refractivity contribution in [2.75, 3.05) is 4.72 Å². The van der Waals surface area contributed by atoms with Gasteiger partial charge in [-0.15, -0.1) is 11.3 Å². The average molecular weight is 414 g/mol. The van der Waals surface area contributed by atoms with E-state index in [1.807, 2.05) is 30.5 Å². The molecule has 0 fully saturated rings. The Labute approximate surface area is 165 Å². The van der Waals surface area contributed by atoms with E-state index >= 15 is 0 Å². The van der Waals surface area contributed by atoms with E-state index < -0.39 is 10.0 Å². The van der Waals surface area contributed by atoms with E-state index in [4.69, 9.17) is 0 Å². The largest absolute Gasteiger partial charge is 0.280 e. The van der Waals surface area contributed by atoms with Crippen LogP contribution in [0.15, 0.2) is 82.3 Å². The van der Waals surface area contributed by atoms with Crippen LogP contribution in [0.3, 0.4) is 0 Å². The van der Waals surface area contributed by atoms with Crippen LogP contribution in [0.1, 0.15) is 5.56 Å². The molecule has 2 aromatic carbocycles. The van der Waals surface area contributed by atoms with Gasteiger partial charge in [0.1, 0.15) is 0 Å². The zero-order chi connectivity index (χ0) is 18.7. The number of fused-ring (bicyclic) bond motifs is 1. The number of hydrogen-bond donors (Lipinski definition) is 1. The Morgan fingerprint density at radius 2 is 1.89 bits per heavy atom. The first-order valence-corrected chi connectivity index (χ1v) is 11.4. The molecule has 0 aliphatic carbocycles. The molecule has 0 aliphatic heterocycles. The summed E-state index contributed by atoms with van der Waals surface area (Å²) in [6.45, 7) is 0. The number of nitrogens with one attached hydrogen (secondary N) is 1. The van der Waals surface area contributed by atoms with Crippen LogP contribution >= 0.6 is 23.1 Å². The molecular formula is C19H15N3O2S3. The van der Waals surface area contributed by atoms with Crippen molar-refractivity contribution < 1.29 is 8.42 Å². The van der Waals surface area contributed by atoms with Crippen LogP contribution in [0, 0.1) is 0 Å². The second-order valence-electron chi connectivity index (χ2n) is 5.73. The van der Waals surface area contributed by atoms with Gasteiger partial charge in [-0.3, -0.25) is 9.71 Å². The topological polar surface area (TPSA) is 72.0 Å². The van der Waals surface area contributed by atoms with Gasteiger partial charge in [-0.2, -0.15) is 0 Å². The maximum Gasteiger partial charge on any atom is 0.261 e. The Morgan fingerprint density at radius 1 is 1.04 bits per heavy atom. The fourth-order valence-corrected chi connectivity index (χ4v) is 5.58. The minimum atomic E-state index is -3.60. The predicted molar refractivity (Wildman–Crippen MR) is 111 cm³/mol. The number of thioether (sulfide) groups is 1. The van der Waals surface area contributed by atoms with Gasteiger partial charge in [0.15, 0.2) is 4.34 Å². The van der Waals surface area contributed by atoms with Gasteiger partial charge in [-0.1, -0.05) is 36.0 Å². The monoisotopic (exact) mass is 413 g/mol. The van der Waals surface area contributed by atoms with Crippen molar-refractivity contribution in [2.45, 2.75) is 15.0 Å². The Morgan fingerprint density at radius 3 is 2.67 bits per heavy atom. The molecule has 5 nitrogen and oxygen atoms in total. The lowest BCUT2D eigenvalue weighted by Crippen LogP contribution is -2.12. The Kier molecular flexibility index (Phi) is 5.11. The molecule has 2 heterocycles. The molecule has 1 N–H and O–H groups in total. The molecule has 0 spiro atoms. The van der Waals surface area contributed by atoms with Crippen LogP contribution < -0.4 is 4.72 Å². The van der Waals surface area contributed by atoms with Gasteiger partial charge in [0.2, 0.25) is 0 Å². The number of thiazole rings is 1. The van der Waals surface area contributed by atoms with Crippen molar-refractivity contribution in [3.05, 3.63) is 78.6 Å². The van der Waals surface area contributed by atoms with Gasteiger partial charge in [-0.25, -0.2) is 13.4 Å². The number of aromatic nitrogens is 2. The lowest BCUT2D eigenvalue weighted by atomic mass is 10.3. The van der Waals surface area contributed by atoms with E-state index in [1.165, 1.54) is 0 Å². The van der Waals surface area contributed by atoms with E-state index in [0.717, 1.165) is 25.9 Å². The van der Waals surface area contributed by atoms with Crippen molar-refractivity contribution in [3.8, 4) is 0 Å². The van der Waals surface area contributed by atoms with Crippen molar-refractivity contribution in [2.24, 2.45) is 0 Å². The van der Waals surface area contributed by atoms with Gasteiger partial charge in [0, 0.05) is 18.1 Å². The molecule has 0 bridgehead atoms. The highest BCUT2D eigenvalue weighted by Crippen LogP contribution is 2.33. The molecule has 8 heteroatoms. The first-order chi connectivity index (χ1) is 13.1. The van der Waals surface area contributed by atoms with Crippen LogP contribution in [0.5, 0.6) is 0 Å². The predicted octanol–water partition coefficient (Wildman–Crippen LogP) is 4.78. The molecule has 4 rings (SSSR count). The van der Waals surface area contributed by atoms with Crippen LogP contribution in [-0.4, -0.2) is 18.4 Å². The maximum absolute atomic E-state index is 12.5. The van der Waals surface area contributed by atoms with E-state index in [1.54, 1.807) is 65.7 Å². The third-order valence-corrected chi connectivity index (χ3v) is 7.39. The summed E-state index contributed by atoms with van der Waals surface area (Å²) in [5.41, 5.74) is 2.52. The van der Waals surface area contributed by atoms with Crippen LogP contribution in [-0.2, 0) is 15.8 Å². The highest BCUT2D eigenvalue weighted by molar-refractivity contribution is 8.00. The normalized spacial score (nSPS) is 11.6. The molecule has 27 heavy (non-hydrogen) atoms. The first kappa shape index (κ1) is 18.0. The zero-order valence-corrected chi connectivity index (χ0v) is 16.5. The number of hydrogen-bond acceptors (Lipinski definition) is 6. The second kappa shape index (κ2) is 7.67. The SMILES string of the molecule is O=S(=O)(Nc1ccc2nc(SCc3cccnc3)sc2c1)c1ccccc1. The van der Waals surface area contributed by atoms with E-state index in [2.05, 4.69) is 14.7 Å². The zero-order valence-electron chi connectivity index (χ0n) is 14.1. The molecule has 2 aromatic heterocycles. The Bertz CT molecular complexity index is 1160. The highest BCUT2D eigenvalue weighted by atomic mass is 32.2. The van der Waals surface area contributed by atoms with E-state index in [-0.39, 0.29) is 4.90 Å². The molecule has 0 atom stereocenters. The third kappa shape index (κ3) is 4.29. The molecule has 0 saturated carbocycles. The quantitative estimate of drug-likeness (QED) is 0.460. The third-order valence-electron chi connectivity index (χ3n) is 3.76. The van der Waals surface area contributed by atoms with Crippen LogP contribution in [0.2, 0.25) is 0 Å². The van der Waals surface area contributed by atoms with Gasteiger partial charge in [0.05, 0.1) is 20.8 Å². The second-order valence-corrected chi connectivity index (χ2v) is 9.67. The highest BCUT2D eigenvalue weighted by Gasteiger charge is 2.14. The summed E-state index contributed by atoms with van der Waals surface area (Å²) in [4.78, 5) is 8.96. The fraction of sp³-hybridized carbons (Fsp3) is 0.0526. The molecule has 0 saturated heterocycles. The van der Waals surface area contributed by atoms with Crippen LogP contribution in [0.4, 0.5) is 5.69 Å². The lowest BCUT2D eigenvalue weighted by Gasteiger charge is -2.07. The van der Waals surface area contributed by atoms with Gasteiger partial charge >= 0.3 is 0 Å². The maximum atomic E-state index is 12.5. The summed E-state index contributed by atoms with van der Waals surface area (Å²) >= 11 is 3.19. The molecule has 136 valence electrons. The summed E-state index contributed by atoms with van der Waals surface area (Å²) in [6, 6.07) is 17.7. The average Bonchev–Trinajstić information content (AvgIpc) is 3.10. The number of anilines is 1. The molecule has 4 aromatic rings. The van der Waals surface area contributed by atoms with E-state index in [0.29, 0.717) is 5.69 Å². The molecule has 0 aliphatic rings. The minimum Gasteiger partial charge on any atom is -0.280 e. The summed E-state index contributed by atoms with van der Waals surface area (Å²) in [7, 11) is -3.60. The first-order valence-electron chi connectivity index (χ1n) is 8.10. The summed E-state index contributed by atoms with van der Waals surface area (Å²) < 4.78 is 29.5. The summed E-state index contributed by atoms with van der Waals surface area (Å²) in [5, 5.41) is 0. The van der Waals surface area contributed by atoms with Gasteiger partial charge in [0.25, 0.3) is 10.0 Å². The Hall–Kier alpha value is -2.42. The van der Waals surface area contributed by atoms with Crippen molar-refractivity contribution >= 4 is 49.0 Å². The molecule has 0 unspecified atom stereocenters. The van der Waals surface area contributed by atoms with E-state index in [9.17, 15) is 8.42 Å². The summed E-state index contributed by atoms with van der Waals surface area (Å²) in [6.07, 6.45) is 3.60. The molecule has 0 amide bonds. The van der Waals surface area contributed by atoms with Crippen molar-refractivity contribution in [3.63, 3.8) is 0 Å². The Balaban J connectivity index is 1.52. The van der Waals surface area contributed by atoms with Gasteiger partial charge < -0.3 is 0 Å². The van der Waals surface area contributed by atoms with Crippen LogP contribution in [0.25, 0.3) is 10.2 Å². The summed E-state index contributed by atoms with van der Waals surface area (Å²) in [5.74, 6) is 0.793. The number of sulfonamides is 1. The lowest BCUT2D eigenvalue weighted by molar-refractivity contribution is 0.601.